The second-order valence-corrected chi connectivity index (χ2v) is 10.6. The smallest absolute Gasteiger partial charge is 0.260 e. The molecule has 1 fully saturated rings. The summed E-state index contributed by atoms with van der Waals surface area (Å²) in [6, 6.07) is 4.83. The number of hydrogen-bond acceptors (Lipinski definition) is 7. The van der Waals surface area contributed by atoms with Crippen LogP contribution in [-0.4, -0.2) is 43.1 Å². The molecule has 1 saturated heterocycles. The molecule has 1 aliphatic carbocycles. The fraction of sp³-hybridized carbons (Fsp3) is 0.474. The minimum atomic E-state index is -3.70. The third-order valence-corrected chi connectivity index (χ3v) is 7.73. The highest BCUT2D eigenvalue weighted by atomic mass is 32.2. The van der Waals surface area contributed by atoms with Crippen molar-refractivity contribution in [3.63, 3.8) is 0 Å². The monoisotopic (exact) mass is 399 g/mol. The number of fused-ring (bicyclic) bond motifs is 2. The summed E-state index contributed by atoms with van der Waals surface area (Å²) in [5.74, 6) is 0.770. The molecule has 1 N–H and O–H groups in total. The van der Waals surface area contributed by atoms with Crippen molar-refractivity contribution < 1.29 is 13.2 Å². The van der Waals surface area contributed by atoms with E-state index in [2.05, 4.69) is 34.4 Å². The quantitative estimate of drug-likeness (QED) is 0.819. The second kappa shape index (κ2) is 5.57. The van der Waals surface area contributed by atoms with Crippen LogP contribution in [0.1, 0.15) is 26.7 Å². The lowest BCUT2D eigenvalue weighted by atomic mass is 9.60. The van der Waals surface area contributed by atoms with Crippen molar-refractivity contribution in [1.82, 2.24) is 14.6 Å². The summed E-state index contributed by atoms with van der Waals surface area (Å²) in [5, 5.41) is 11.7. The Morgan fingerprint density at radius 3 is 2.68 bits per heavy atom. The zero-order valence-electron chi connectivity index (χ0n) is 15.8. The van der Waals surface area contributed by atoms with Gasteiger partial charge in [-0.3, -0.25) is 4.79 Å². The SMILES string of the molecule is CC1(C)CC(=O)C2=C(C1)NC1=C(CN=N1)C21CN(S(=O)(=O)c2ccccn2)C1. The summed E-state index contributed by atoms with van der Waals surface area (Å²) in [6.45, 7) is 4.99. The van der Waals surface area contributed by atoms with Gasteiger partial charge >= 0.3 is 0 Å². The zero-order chi connectivity index (χ0) is 19.7. The topological polar surface area (TPSA) is 104 Å². The van der Waals surface area contributed by atoms with Crippen LogP contribution in [0.25, 0.3) is 0 Å². The Balaban J connectivity index is 1.55. The molecule has 4 heterocycles. The van der Waals surface area contributed by atoms with E-state index in [1.165, 1.54) is 16.6 Å². The van der Waals surface area contributed by atoms with Gasteiger partial charge in [-0.05, 0) is 24.0 Å². The molecule has 0 amide bonds. The standard InChI is InChI=1S/C19H21N5O3S/c1-18(2)7-13-16(14(25)8-18)19(12-9-21-23-17(12)22-13)10-24(11-19)28(26,27)15-5-3-4-6-20-15/h3-6,22H,7-11H2,1-2H3. The third kappa shape index (κ3) is 2.35. The van der Waals surface area contributed by atoms with Gasteiger partial charge in [-0.1, -0.05) is 19.9 Å². The Kier molecular flexibility index (Phi) is 3.52. The first-order valence-corrected chi connectivity index (χ1v) is 10.7. The number of azo groups is 1. The van der Waals surface area contributed by atoms with Crippen molar-refractivity contribution in [3.05, 3.63) is 47.1 Å². The Bertz CT molecular complexity index is 1080. The van der Waals surface area contributed by atoms with Gasteiger partial charge in [0, 0.05) is 42.6 Å². The molecule has 4 aliphatic rings. The van der Waals surface area contributed by atoms with E-state index in [0.717, 1.165) is 23.3 Å². The zero-order valence-corrected chi connectivity index (χ0v) is 16.6. The first-order valence-electron chi connectivity index (χ1n) is 9.29. The minimum Gasteiger partial charge on any atom is -0.342 e. The van der Waals surface area contributed by atoms with Gasteiger partial charge < -0.3 is 5.32 Å². The Hall–Kier alpha value is -2.39. The molecule has 3 aliphatic heterocycles. The maximum Gasteiger partial charge on any atom is 0.260 e. The Morgan fingerprint density at radius 1 is 1.18 bits per heavy atom. The number of hydrogen-bond donors (Lipinski definition) is 1. The molecule has 0 saturated carbocycles. The summed E-state index contributed by atoms with van der Waals surface area (Å²) in [6.07, 6.45) is 2.66. The minimum absolute atomic E-state index is 0.0269. The van der Waals surface area contributed by atoms with Gasteiger partial charge in [-0.25, -0.2) is 13.4 Å². The van der Waals surface area contributed by atoms with E-state index in [4.69, 9.17) is 0 Å². The number of pyridine rings is 1. The van der Waals surface area contributed by atoms with Crippen molar-refractivity contribution in [2.24, 2.45) is 21.1 Å². The van der Waals surface area contributed by atoms with Gasteiger partial charge in [0.1, 0.15) is 0 Å². The number of rotatable bonds is 2. The first kappa shape index (κ1) is 17.7. The molecule has 0 radical (unpaired) electrons. The molecule has 1 spiro atoms. The van der Waals surface area contributed by atoms with Gasteiger partial charge in [-0.15, -0.1) is 5.11 Å². The Morgan fingerprint density at radius 2 is 1.96 bits per heavy atom. The molecule has 1 aromatic rings. The van der Waals surface area contributed by atoms with Gasteiger partial charge in [0.25, 0.3) is 10.0 Å². The van der Waals surface area contributed by atoms with E-state index >= 15 is 0 Å². The van der Waals surface area contributed by atoms with E-state index in [1.54, 1.807) is 12.1 Å². The van der Waals surface area contributed by atoms with Crippen molar-refractivity contribution in [2.45, 2.75) is 31.7 Å². The fourth-order valence-corrected chi connectivity index (χ4v) is 6.26. The van der Waals surface area contributed by atoms with Gasteiger partial charge in [0.15, 0.2) is 16.6 Å². The Labute approximate surface area is 163 Å². The van der Waals surface area contributed by atoms with E-state index in [1.807, 2.05) is 0 Å². The van der Waals surface area contributed by atoms with E-state index in [0.29, 0.717) is 18.8 Å². The van der Waals surface area contributed by atoms with Crippen molar-refractivity contribution in [2.75, 3.05) is 19.6 Å². The normalized spacial score (nSPS) is 25.4. The lowest BCUT2D eigenvalue weighted by Gasteiger charge is -2.54. The lowest BCUT2D eigenvalue weighted by Crippen LogP contribution is -2.63. The van der Waals surface area contributed by atoms with Gasteiger partial charge in [0.2, 0.25) is 0 Å². The average Bonchev–Trinajstić information content (AvgIpc) is 3.06. The summed E-state index contributed by atoms with van der Waals surface area (Å²) in [5.41, 5.74) is 1.75. The van der Waals surface area contributed by atoms with Crippen LogP contribution in [0, 0.1) is 10.8 Å². The summed E-state index contributed by atoms with van der Waals surface area (Å²) in [7, 11) is -3.70. The van der Waals surface area contributed by atoms with Crippen LogP contribution >= 0.6 is 0 Å². The lowest BCUT2D eigenvalue weighted by molar-refractivity contribution is -0.120. The van der Waals surface area contributed by atoms with Crippen LogP contribution in [0.2, 0.25) is 0 Å². The maximum absolute atomic E-state index is 13.1. The number of allylic oxidation sites excluding steroid dienone is 1. The molecule has 1 aromatic heterocycles. The maximum atomic E-state index is 13.1. The molecule has 5 rings (SSSR count). The molecule has 146 valence electrons. The number of carbonyl (C=O) groups is 1. The predicted molar refractivity (Wildman–Crippen MR) is 100 cm³/mol. The molecule has 0 unspecified atom stereocenters. The van der Waals surface area contributed by atoms with E-state index in [9.17, 15) is 13.2 Å². The average molecular weight is 399 g/mol. The fourth-order valence-electron chi connectivity index (χ4n) is 4.77. The highest BCUT2D eigenvalue weighted by Gasteiger charge is 2.59. The summed E-state index contributed by atoms with van der Waals surface area (Å²) in [4.78, 5) is 17.1. The largest absolute Gasteiger partial charge is 0.342 e. The van der Waals surface area contributed by atoms with Crippen molar-refractivity contribution in [1.29, 1.82) is 0 Å². The van der Waals surface area contributed by atoms with Crippen molar-refractivity contribution in [3.8, 4) is 0 Å². The van der Waals surface area contributed by atoms with E-state index < -0.39 is 15.4 Å². The van der Waals surface area contributed by atoms with Crippen molar-refractivity contribution >= 4 is 15.8 Å². The number of nitrogens with zero attached hydrogens (tertiary/aromatic N) is 4. The number of carbonyl (C=O) groups excluding carboxylic acids is 1. The summed E-state index contributed by atoms with van der Waals surface area (Å²) < 4.78 is 27.3. The first-order chi connectivity index (χ1) is 13.2. The molecule has 0 atom stereocenters. The molecule has 28 heavy (non-hydrogen) atoms. The molecule has 0 aromatic carbocycles. The van der Waals surface area contributed by atoms with Crippen LogP contribution in [0.5, 0.6) is 0 Å². The number of ketones is 1. The van der Waals surface area contributed by atoms with E-state index in [-0.39, 0.29) is 29.3 Å². The third-order valence-electron chi connectivity index (χ3n) is 6.02. The number of sulfonamides is 1. The number of Topliss-reactive ketones (excluding diaryl/α,β-unsaturated/α-hetero) is 1. The number of dihydropyridines is 1. The van der Waals surface area contributed by atoms with Gasteiger partial charge in [-0.2, -0.15) is 9.42 Å². The molecule has 0 bridgehead atoms. The highest BCUT2D eigenvalue weighted by Crippen LogP contribution is 2.55. The summed E-state index contributed by atoms with van der Waals surface area (Å²) >= 11 is 0. The van der Waals surface area contributed by atoms with Crippen LogP contribution in [-0.2, 0) is 14.8 Å². The second-order valence-electron chi connectivity index (χ2n) is 8.67. The van der Waals surface area contributed by atoms with Crippen LogP contribution in [0.3, 0.4) is 0 Å². The van der Waals surface area contributed by atoms with Crippen LogP contribution in [0.4, 0.5) is 0 Å². The van der Waals surface area contributed by atoms with Gasteiger partial charge in [0.05, 0.1) is 12.0 Å². The molecular formula is C19H21N5O3S. The molecular weight excluding hydrogens is 378 g/mol. The number of nitrogens with one attached hydrogen (secondary N) is 1. The molecule has 9 heteroatoms. The highest BCUT2D eigenvalue weighted by molar-refractivity contribution is 7.89. The van der Waals surface area contributed by atoms with Crippen LogP contribution < -0.4 is 5.32 Å². The van der Waals surface area contributed by atoms with Crippen LogP contribution in [0.15, 0.2) is 62.3 Å². The predicted octanol–water partition coefficient (Wildman–Crippen LogP) is 2.00. The number of aromatic nitrogens is 1. The molecule has 8 nitrogen and oxygen atoms in total.